The number of hydrogen-bond donors (Lipinski definition) is 4. The number of carboxylic acid groups (broad SMARTS) is 1. The van der Waals surface area contributed by atoms with Crippen LogP contribution in [-0.4, -0.2) is 43.1 Å². The number of nitrogens with zero attached hydrogens (tertiary/aromatic N) is 4. The minimum absolute atomic E-state index is 0.0109. The Morgan fingerprint density at radius 3 is 2.41 bits per heavy atom. The van der Waals surface area contributed by atoms with Crippen molar-refractivity contribution in [1.82, 2.24) is 30.6 Å². The molecule has 4 N–H and O–H groups in total. The number of para-hydroxylation sites is 1. The summed E-state index contributed by atoms with van der Waals surface area (Å²) in [6.07, 6.45) is -5.81. The number of halogens is 3. The lowest BCUT2D eigenvalue weighted by atomic mass is 9.88. The van der Waals surface area contributed by atoms with E-state index in [1.165, 1.54) is 6.07 Å². The molecule has 0 aliphatic carbocycles. The van der Waals surface area contributed by atoms with Crippen molar-refractivity contribution in [2.24, 2.45) is 5.41 Å². The molecule has 1 atom stereocenters. The van der Waals surface area contributed by atoms with Crippen LogP contribution in [0.2, 0.25) is 0 Å². The summed E-state index contributed by atoms with van der Waals surface area (Å²) in [5, 5.41) is 28.4. The van der Waals surface area contributed by atoms with E-state index >= 15 is 0 Å². The van der Waals surface area contributed by atoms with Crippen LogP contribution in [0, 0.1) is 5.41 Å². The molecule has 0 spiro atoms. The number of benzene rings is 2. The standard InChI is InChI=1S/C27H28F3N7O4/c1-26(2,3)14-19(33-25(39)40)22(38)31-15-16-8-7-11-18(12-16)37-20(13-21(36-37)27(28,29)30)23-34-35-24(41-23)32-17-9-5-4-6-10-17/h4-13,19,33H,14-15H2,1-3H3,(H,31,38)(H,32,35)(H,39,40). The van der Waals surface area contributed by atoms with Crippen molar-refractivity contribution >= 4 is 23.7 Å². The Kier molecular flexibility index (Phi) is 8.31. The van der Waals surface area contributed by atoms with E-state index in [0.29, 0.717) is 11.3 Å². The second-order valence-corrected chi connectivity index (χ2v) is 10.4. The molecule has 2 aromatic heterocycles. The molecule has 0 aliphatic rings. The summed E-state index contributed by atoms with van der Waals surface area (Å²) in [6.45, 7) is 5.62. The van der Waals surface area contributed by atoms with Crippen LogP contribution in [0.3, 0.4) is 0 Å². The lowest BCUT2D eigenvalue weighted by molar-refractivity contribution is -0.141. The van der Waals surface area contributed by atoms with Crippen molar-refractivity contribution in [1.29, 1.82) is 0 Å². The Balaban J connectivity index is 1.59. The average molecular weight is 572 g/mol. The zero-order chi connectivity index (χ0) is 29.8. The molecule has 4 rings (SSSR count). The first-order valence-corrected chi connectivity index (χ1v) is 12.5. The van der Waals surface area contributed by atoms with Gasteiger partial charge in [-0.25, -0.2) is 9.48 Å². The first-order valence-electron chi connectivity index (χ1n) is 12.5. The molecule has 2 aromatic carbocycles. The van der Waals surface area contributed by atoms with E-state index in [9.17, 15) is 22.8 Å². The Hall–Kier alpha value is -4.88. The normalized spacial score (nSPS) is 12.5. The molecule has 41 heavy (non-hydrogen) atoms. The van der Waals surface area contributed by atoms with Crippen molar-refractivity contribution < 1.29 is 32.3 Å². The first-order chi connectivity index (χ1) is 19.3. The number of amides is 2. The van der Waals surface area contributed by atoms with Gasteiger partial charge < -0.3 is 25.5 Å². The number of carbonyl (C=O) groups is 2. The van der Waals surface area contributed by atoms with E-state index in [0.717, 1.165) is 10.7 Å². The monoisotopic (exact) mass is 571 g/mol. The third kappa shape index (κ3) is 7.84. The van der Waals surface area contributed by atoms with Gasteiger partial charge in [0, 0.05) is 18.3 Å². The Bertz CT molecular complexity index is 1510. The fraction of sp³-hybridized carbons (Fsp3) is 0.296. The molecule has 0 radical (unpaired) electrons. The van der Waals surface area contributed by atoms with Crippen LogP contribution in [0.4, 0.5) is 29.7 Å². The summed E-state index contributed by atoms with van der Waals surface area (Å²) in [5.74, 6) is -0.730. The van der Waals surface area contributed by atoms with Crippen molar-refractivity contribution in [2.75, 3.05) is 5.32 Å². The zero-order valence-corrected chi connectivity index (χ0v) is 22.4. The topological polar surface area (TPSA) is 147 Å². The van der Waals surface area contributed by atoms with Gasteiger partial charge >= 0.3 is 18.3 Å². The Labute approximate surface area is 232 Å². The lowest BCUT2D eigenvalue weighted by Crippen LogP contribution is -2.47. The van der Waals surface area contributed by atoms with Crippen LogP contribution >= 0.6 is 0 Å². The number of carbonyl (C=O) groups excluding carboxylic acids is 1. The molecular formula is C27H28F3N7O4. The predicted molar refractivity (Wildman–Crippen MR) is 142 cm³/mol. The van der Waals surface area contributed by atoms with Crippen molar-refractivity contribution in [3.8, 4) is 17.3 Å². The van der Waals surface area contributed by atoms with Gasteiger partial charge in [-0.15, -0.1) is 5.10 Å². The SMILES string of the molecule is CC(C)(C)CC(NC(=O)O)C(=O)NCc1cccc(-n2nc(C(F)(F)F)cc2-c2nnc(Nc3ccccc3)o2)c1. The Morgan fingerprint density at radius 1 is 1.02 bits per heavy atom. The zero-order valence-electron chi connectivity index (χ0n) is 22.4. The molecule has 0 saturated carbocycles. The van der Waals surface area contributed by atoms with Crippen LogP contribution in [0.25, 0.3) is 17.3 Å². The molecule has 0 aliphatic heterocycles. The van der Waals surface area contributed by atoms with Gasteiger partial charge in [0.25, 0.3) is 5.89 Å². The maximum absolute atomic E-state index is 13.6. The van der Waals surface area contributed by atoms with Crippen LogP contribution in [0.15, 0.2) is 65.1 Å². The molecule has 0 fully saturated rings. The van der Waals surface area contributed by atoms with Gasteiger partial charge in [-0.2, -0.15) is 18.3 Å². The minimum atomic E-state index is -4.74. The average Bonchev–Trinajstić information content (AvgIpc) is 3.54. The van der Waals surface area contributed by atoms with E-state index in [1.54, 1.807) is 42.5 Å². The number of alkyl halides is 3. The Morgan fingerprint density at radius 2 is 1.76 bits per heavy atom. The summed E-state index contributed by atoms with van der Waals surface area (Å²) in [6, 6.07) is 15.0. The molecular weight excluding hydrogens is 543 g/mol. The molecule has 0 bridgehead atoms. The molecule has 11 nitrogen and oxygen atoms in total. The smallest absolute Gasteiger partial charge is 0.435 e. The molecule has 14 heteroatoms. The molecule has 2 amide bonds. The summed E-state index contributed by atoms with van der Waals surface area (Å²) in [4.78, 5) is 23.9. The van der Waals surface area contributed by atoms with E-state index in [1.807, 2.05) is 26.8 Å². The van der Waals surface area contributed by atoms with Crippen LogP contribution < -0.4 is 16.0 Å². The van der Waals surface area contributed by atoms with Crippen molar-refractivity contribution in [3.05, 3.63) is 71.9 Å². The largest absolute Gasteiger partial charge is 0.465 e. The fourth-order valence-corrected chi connectivity index (χ4v) is 3.97. The third-order valence-electron chi connectivity index (χ3n) is 5.72. The highest BCUT2D eigenvalue weighted by atomic mass is 19.4. The van der Waals surface area contributed by atoms with Crippen molar-refractivity contribution in [2.45, 2.75) is 46.0 Å². The maximum Gasteiger partial charge on any atom is 0.435 e. The van der Waals surface area contributed by atoms with Crippen LogP contribution in [0.5, 0.6) is 0 Å². The summed E-state index contributed by atoms with van der Waals surface area (Å²) in [5.41, 5.74) is -0.164. The van der Waals surface area contributed by atoms with Gasteiger partial charge in [0.15, 0.2) is 5.69 Å². The van der Waals surface area contributed by atoms with Crippen LogP contribution in [-0.2, 0) is 17.5 Å². The number of anilines is 2. The molecule has 1 unspecified atom stereocenters. The highest BCUT2D eigenvalue weighted by Crippen LogP contribution is 2.33. The number of aromatic nitrogens is 4. The first kappa shape index (κ1) is 29.1. The molecule has 0 saturated heterocycles. The maximum atomic E-state index is 13.6. The van der Waals surface area contributed by atoms with E-state index in [2.05, 4.69) is 31.2 Å². The second kappa shape index (κ2) is 11.7. The van der Waals surface area contributed by atoms with Gasteiger partial charge in [0.2, 0.25) is 5.91 Å². The van der Waals surface area contributed by atoms with E-state index in [4.69, 9.17) is 9.52 Å². The van der Waals surface area contributed by atoms with E-state index < -0.39 is 29.9 Å². The number of rotatable bonds is 9. The number of nitrogens with one attached hydrogen (secondary N) is 3. The van der Waals surface area contributed by atoms with Gasteiger partial charge in [0.05, 0.1) is 5.69 Å². The molecule has 4 aromatic rings. The lowest BCUT2D eigenvalue weighted by Gasteiger charge is -2.25. The van der Waals surface area contributed by atoms with Gasteiger partial charge in [0.1, 0.15) is 11.7 Å². The second-order valence-electron chi connectivity index (χ2n) is 10.4. The number of hydrogen-bond acceptors (Lipinski definition) is 7. The fourth-order valence-electron chi connectivity index (χ4n) is 3.97. The minimum Gasteiger partial charge on any atom is -0.465 e. The highest BCUT2D eigenvalue weighted by Gasteiger charge is 2.36. The third-order valence-corrected chi connectivity index (χ3v) is 5.72. The van der Waals surface area contributed by atoms with Gasteiger partial charge in [-0.05, 0) is 41.7 Å². The van der Waals surface area contributed by atoms with Crippen LogP contribution in [0.1, 0.15) is 38.4 Å². The summed E-state index contributed by atoms with van der Waals surface area (Å²) >= 11 is 0. The summed E-state index contributed by atoms with van der Waals surface area (Å²) in [7, 11) is 0. The predicted octanol–water partition coefficient (Wildman–Crippen LogP) is 5.37. The molecule has 216 valence electrons. The quantitative estimate of drug-likeness (QED) is 0.210. The van der Waals surface area contributed by atoms with Crippen molar-refractivity contribution in [3.63, 3.8) is 0 Å². The van der Waals surface area contributed by atoms with Gasteiger partial charge in [-0.3, -0.25) is 4.79 Å². The highest BCUT2D eigenvalue weighted by molar-refractivity contribution is 5.85. The van der Waals surface area contributed by atoms with Gasteiger partial charge in [-0.1, -0.05) is 56.2 Å². The summed E-state index contributed by atoms with van der Waals surface area (Å²) < 4.78 is 47.5. The van der Waals surface area contributed by atoms with E-state index in [-0.39, 0.29) is 41.7 Å². The molecule has 2 heterocycles.